The molecule has 1 aliphatic heterocycles. The molecular weight excluding hydrogens is 312 g/mol. The predicted octanol–water partition coefficient (Wildman–Crippen LogP) is 2.88. The van der Waals surface area contributed by atoms with Crippen molar-refractivity contribution in [3.8, 4) is 0 Å². The minimum absolute atomic E-state index is 0.0454. The summed E-state index contributed by atoms with van der Waals surface area (Å²) < 4.78 is 1.50. The summed E-state index contributed by atoms with van der Waals surface area (Å²) in [6.45, 7) is 7.04. The third-order valence-electron chi connectivity index (χ3n) is 5.26. The minimum Gasteiger partial charge on any atom is -0.297 e. The van der Waals surface area contributed by atoms with Crippen LogP contribution in [0.3, 0.4) is 0 Å². The fourth-order valence-corrected chi connectivity index (χ4v) is 4.03. The molecule has 2 aromatic heterocycles. The Bertz CT molecular complexity index is 943. The van der Waals surface area contributed by atoms with Gasteiger partial charge in [-0.1, -0.05) is 37.3 Å². The average Bonchev–Trinajstić information content (AvgIpc) is 2.97. The molecule has 0 saturated carbocycles. The highest BCUT2D eigenvalue weighted by Gasteiger charge is 2.32. The van der Waals surface area contributed by atoms with Crippen molar-refractivity contribution in [3.63, 3.8) is 0 Å². The lowest BCUT2D eigenvalue weighted by atomic mass is 9.76. The molecule has 1 aromatic carbocycles. The quantitative estimate of drug-likeness (QED) is 0.800. The molecule has 0 aliphatic carbocycles. The Morgan fingerprint density at radius 2 is 2.04 bits per heavy atom. The van der Waals surface area contributed by atoms with Crippen LogP contribution in [0.2, 0.25) is 0 Å². The molecule has 1 saturated heterocycles. The summed E-state index contributed by atoms with van der Waals surface area (Å²) in [5.41, 5.74) is 3.99. The number of likely N-dealkylation sites (tertiary alicyclic amines) is 1. The van der Waals surface area contributed by atoms with Crippen molar-refractivity contribution in [3.05, 3.63) is 69.8 Å². The van der Waals surface area contributed by atoms with Crippen LogP contribution in [0.15, 0.2) is 47.3 Å². The van der Waals surface area contributed by atoms with Gasteiger partial charge >= 0.3 is 0 Å². The summed E-state index contributed by atoms with van der Waals surface area (Å²) >= 11 is 0. The molecule has 1 fully saturated rings. The Hall–Kier alpha value is -2.40. The molecule has 4 rings (SSSR count). The van der Waals surface area contributed by atoms with E-state index in [1.165, 1.54) is 16.5 Å². The van der Waals surface area contributed by atoms with Crippen LogP contribution < -0.4 is 5.56 Å². The first-order valence-corrected chi connectivity index (χ1v) is 8.90. The molecule has 0 spiro atoms. The SMILES string of the molecule is Cc1cc2nc(CN3CCC[C@](C)(c4ccccc4)C3)cc(=O)n2[nH]1. The van der Waals surface area contributed by atoms with E-state index in [0.717, 1.165) is 37.4 Å². The second kappa shape index (κ2) is 6.15. The number of H-pyrrole nitrogens is 1. The molecule has 25 heavy (non-hydrogen) atoms. The molecule has 0 amide bonds. The van der Waals surface area contributed by atoms with E-state index in [9.17, 15) is 4.79 Å². The first-order chi connectivity index (χ1) is 12.0. The second-order valence-electron chi connectivity index (χ2n) is 7.46. The van der Waals surface area contributed by atoms with Gasteiger partial charge in [-0.3, -0.25) is 14.8 Å². The molecule has 1 aliphatic rings. The van der Waals surface area contributed by atoms with Crippen LogP contribution in [0.1, 0.15) is 36.7 Å². The highest BCUT2D eigenvalue weighted by Crippen LogP contribution is 2.33. The van der Waals surface area contributed by atoms with Crippen LogP contribution >= 0.6 is 0 Å². The first-order valence-electron chi connectivity index (χ1n) is 8.90. The zero-order chi connectivity index (χ0) is 17.4. The summed E-state index contributed by atoms with van der Waals surface area (Å²) in [5.74, 6) is 0. The van der Waals surface area contributed by atoms with Gasteiger partial charge in [-0.15, -0.1) is 0 Å². The lowest BCUT2D eigenvalue weighted by Crippen LogP contribution is -2.44. The fourth-order valence-electron chi connectivity index (χ4n) is 4.03. The Morgan fingerprint density at radius 3 is 2.84 bits per heavy atom. The minimum atomic E-state index is -0.0454. The maximum atomic E-state index is 12.3. The van der Waals surface area contributed by atoms with E-state index in [4.69, 9.17) is 0 Å². The summed E-state index contributed by atoms with van der Waals surface area (Å²) in [4.78, 5) is 19.4. The van der Waals surface area contributed by atoms with Gasteiger partial charge < -0.3 is 0 Å². The monoisotopic (exact) mass is 336 g/mol. The molecule has 5 heteroatoms. The number of aryl methyl sites for hydroxylation is 1. The van der Waals surface area contributed by atoms with Crippen LogP contribution in [0, 0.1) is 6.92 Å². The van der Waals surface area contributed by atoms with Gasteiger partial charge in [0.2, 0.25) is 0 Å². The maximum Gasteiger partial charge on any atom is 0.272 e. The van der Waals surface area contributed by atoms with Gasteiger partial charge in [0.15, 0.2) is 5.65 Å². The molecular formula is C20H24N4O. The van der Waals surface area contributed by atoms with Gasteiger partial charge in [-0.05, 0) is 31.9 Å². The Labute approximate surface area is 147 Å². The largest absolute Gasteiger partial charge is 0.297 e. The Morgan fingerprint density at radius 1 is 1.24 bits per heavy atom. The fraction of sp³-hybridized carbons (Fsp3) is 0.400. The predicted molar refractivity (Wildman–Crippen MR) is 98.9 cm³/mol. The number of rotatable bonds is 3. The topological polar surface area (TPSA) is 53.4 Å². The number of aromatic amines is 1. The van der Waals surface area contributed by atoms with Crippen LogP contribution in [-0.4, -0.2) is 32.6 Å². The van der Waals surface area contributed by atoms with Crippen molar-refractivity contribution in [1.82, 2.24) is 19.5 Å². The summed E-state index contributed by atoms with van der Waals surface area (Å²) in [6, 6.07) is 14.3. The Kier molecular flexibility index (Phi) is 3.96. The van der Waals surface area contributed by atoms with Crippen LogP contribution in [0.5, 0.6) is 0 Å². The third-order valence-corrected chi connectivity index (χ3v) is 5.26. The normalized spacial score (nSPS) is 21.7. The maximum absolute atomic E-state index is 12.3. The number of hydrogen-bond acceptors (Lipinski definition) is 3. The molecule has 0 unspecified atom stereocenters. The summed E-state index contributed by atoms with van der Waals surface area (Å²) in [6.07, 6.45) is 2.36. The third kappa shape index (κ3) is 3.12. The molecule has 3 aromatic rings. The van der Waals surface area contributed by atoms with Gasteiger partial charge in [-0.2, -0.15) is 0 Å². The summed E-state index contributed by atoms with van der Waals surface area (Å²) in [7, 11) is 0. The van der Waals surface area contributed by atoms with E-state index in [1.54, 1.807) is 6.07 Å². The van der Waals surface area contributed by atoms with Crippen molar-refractivity contribution in [1.29, 1.82) is 0 Å². The molecule has 5 nitrogen and oxygen atoms in total. The standard InChI is InChI=1S/C20H24N4O/c1-15-11-18-21-17(12-19(25)24(18)22-15)13-23-10-6-9-20(2,14-23)16-7-4-3-5-8-16/h3-5,7-8,11-12,22H,6,9-10,13-14H2,1-2H3/t20-/m0/s1. The molecule has 1 N–H and O–H groups in total. The summed E-state index contributed by atoms with van der Waals surface area (Å²) in [5, 5.41) is 3.02. The van der Waals surface area contributed by atoms with Crippen LogP contribution in [-0.2, 0) is 12.0 Å². The van der Waals surface area contributed by atoms with Gasteiger partial charge in [0.1, 0.15) is 0 Å². The van der Waals surface area contributed by atoms with E-state index in [1.807, 2.05) is 13.0 Å². The van der Waals surface area contributed by atoms with E-state index < -0.39 is 0 Å². The molecule has 0 radical (unpaired) electrons. The number of fused-ring (bicyclic) bond motifs is 1. The number of benzene rings is 1. The van der Waals surface area contributed by atoms with Gasteiger partial charge in [0.05, 0.1) is 5.69 Å². The highest BCUT2D eigenvalue weighted by atomic mass is 16.1. The number of nitrogens with one attached hydrogen (secondary N) is 1. The van der Waals surface area contributed by atoms with E-state index >= 15 is 0 Å². The number of hydrogen-bond donors (Lipinski definition) is 1. The smallest absolute Gasteiger partial charge is 0.272 e. The lowest BCUT2D eigenvalue weighted by Gasteiger charge is -2.41. The van der Waals surface area contributed by atoms with Gasteiger partial charge in [0.25, 0.3) is 5.56 Å². The van der Waals surface area contributed by atoms with E-state index in [2.05, 4.69) is 52.2 Å². The van der Waals surface area contributed by atoms with Crippen molar-refractivity contribution >= 4 is 5.65 Å². The zero-order valence-electron chi connectivity index (χ0n) is 14.8. The Balaban J connectivity index is 1.57. The number of aromatic nitrogens is 3. The average molecular weight is 336 g/mol. The van der Waals surface area contributed by atoms with E-state index in [-0.39, 0.29) is 11.0 Å². The number of nitrogens with zero attached hydrogens (tertiary/aromatic N) is 3. The number of piperidine rings is 1. The second-order valence-corrected chi connectivity index (χ2v) is 7.46. The molecule has 1 atom stereocenters. The lowest BCUT2D eigenvalue weighted by molar-refractivity contribution is 0.148. The van der Waals surface area contributed by atoms with Gasteiger partial charge in [0, 0.05) is 36.3 Å². The van der Waals surface area contributed by atoms with Crippen LogP contribution in [0.4, 0.5) is 0 Å². The van der Waals surface area contributed by atoms with Crippen molar-refractivity contribution in [2.75, 3.05) is 13.1 Å². The van der Waals surface area contributed by atoms with Gasteiger partial charge in [-0.25, -0.2) is 9.50 Å². The first kappa shape index (κ1) is 16.1. The zero-order valence-corrected chi connectivity index (χ0v) is 14.8. The van der Waals surface area contributed by atoms with Crippen molar-refractivity contribution < 1.29 is 0 Å². The van der Waals surface area contributed by atoms with Crippen molar-refractivity contribution in [2.24, 2.45) is 0 Å². The van der Waals surface area contributed by atoms with E-state index in [0.29, 0.717) is 5.65 Å². The molecule has 3 heterocycles. The molecule has 0 bridgehead atoms. The van der Waals surface area contributed by atoms with Crippen molar-refractivity contribution in [2.45, 2.75) is 38.6 Å². The van der Waals surface area contributed by atoms with Crippen LogP contribution in [0.25, 0.3) is 5.65 Å². The molecule has 130 valence electrons. The highest BCUT2D eigenvalue weighted by molar-refractivity contribution is 5.39.